The molecule has 13 heavy (non-hydrogen) atoms. The number of halogens is 1. The SMILES string of the molecule is BrC12C=Cc3[nH]ccc3C1=NCC2. The molecule has 1 N–H and O–H groups in total. The maximum Gasteiger partial charge on any atom is 0.0880 e. The molecule has 66 valence electrons. The smallest absolute Gasteiger partial charge is 0.0880 e. The third-order valence-electron chi connectivity index (χ3n) is 2.69. The van der Waals surface area contributed by atoms with E-state index in [0.29, 0.717) is 0 Å². The molecule has 1 aromatic rings. The predicted octanol–water partition coefficient (Wildman–Crippen LogP) is 2.37. The van der Waals surface area contributed by atoms with Crippen LogP contribution >= 0.6 is 15.9 Å². The highest BCUT2D eigenvalue weighted by atomic mass is 79.9. The Hall–Kier alpha value is -0.830. The first kappa shape index (κ1) is 7.56. The number of hydrogen-bond donors (Lipinski definition) is 1. The van der Waals surface area contributed by atoms with Gasteiger partial charge in [0.2, 0.25) is 0 Å². The fourth-order valence-corrected chi connectivity index (χ4v) is 2.64. The van der Waals surface area contributed by atoms with Gasteiger partial charge in [-0.25, -0.2) is 0 Å². The number of aromatic amines is 1. The van der Waals surface area contributed by atoms with Crippen LogP contribution in [-0.4, -0.2) is 21.6 Å². The van der Waals surface area contributed by atoms with Gasteiger partial charge in [0.25, 0.3) is 0 Å². The number of aromatic nitrogens is 1. The summed E-state index contributed by atoms with van der Waals surface area (Å²) in [6, 6.07) is 2.10. The molecule has 0 amide bonds. The van der Waals surface area contributed by atoms with E-state index in [0.717, 1.165) is 13.0 Å². The summed E-state index contributed by atoms with van der Waals surface area (Å²) in [5.41, 5.74) is 3.61. The molecule has 1 aliphatic heterocycles. The van der Waals surface area contributed by atoms with Gasteiger partial charge in [-0.1, -0.05) is 22.0 Å². The van der Waals surface area contributed by atoms with Gasteiger partial charge in [0.1, 0.15) is 0 Å². The van der Waals surface area contributed by atoms with Gasteiger partial charge in [0, 0.05) is 24.0 Å². The third-order valence-corrected chi connectivity index (χ3v) is 3.72. The van der Waals surface area contributed by atoms with Gasteiger partial charge in [0.15, 0.2) is 0 Å². The lowest BCUT2D eigenvalue weighted by atomic mass is 9.91. The predicted molar refractivity (Wildman–Crippen MR) is 57.5 cm³/mol. The molecule has 2 aliphatic rings. The molecule has 3 heteroatoms. The highest BCUT2D eigenvalue weighted by Gasteiger charge is 2.38. The summed E-state index contributed by atoms with van der Waals surface area (Å²) in [6.45, 7) is 0.926. The highest BCUT2D eigenvalue weighted by Crippen LogP contribution is 2.38. The van der Waals surface area contributed by atoms with Gasteiger partial charge in [-0.2, -0.15) is 0 Å². The summed E-state index contributed by atoms with van der Waals surface area (Å²) in [4.78, 5) is 7.74. The van der Waals surface area contributed by atoms with Crippen LogP contribution in [0.5, 0.6) is 0 Å². The van der Waals surface area contributed by atoms with E-state index < -0.39 is 0 Å². The van der Waals surface area contributed by atoms with Crippen molar-refractivity contribution in [3.8, 4) is 0 Å². The van der Waals surface area contributed by atoms with Crippen molar-refractivity contribution in [2.75, 3.05) is 6.54 Å². The largest absolute Gasteiger partial charge is 0.361 e. The van der Waals surface area contributed by atoms with Crippen molar-refractivity contribution >= 4 is 27.7 Å². The topological polar surface area (TPSA) is 28.1 Å². The molecule has 0 saturated heterocycles. The van der Waals surface area contributed by atoms with Crippen LogP contribution in [0.25, 0.3) is 6.08 Å². The van der Waals surface area contributed by atoms with Crippen molar-refractivity contribution in [2.24, 2.45) is 4.99 Å². The van der Waals surface area contributed by atoms with E-state index in [1.54, 1.807) is 0 Å². The Morgan fingerprint density at radius 3 is 3.38 bits per heavy atom. The Bertz CT molecular complexity index is 416. The van der Waals surface area contributed by atoms with Crippen LogP contribution in [0.3, 0.4) is 0 Å². The number of fused-ring (bicyclic) bond motifs is 3. The van der Waals surface area contributed by atoms with Crippen molar-refractivity contribution in [2.45, 2.75) is 10.7 Å². The zero-order valence-electron chi connectivity index (χ0n) is 7.05. The number of hydrogen-bond acceptors (Lipinski definition) is 1. The van der Waals surface area contributed by atoms with E-state index in [9.17, 15) is 0 Å². The number of nitrogens with zero attached hydrogens (tertiary/aromatic N) is 1. The number of nitrogens with one attached hydrogen (secondary N) is 1. The Kier molecular flexibility index (Phi) is 1.37. The van der Waals surface area contributed by atoms with Crippen molar-refractivity contribution in [1.82, 2.24) is 4.98 Å². The highest BCUT2D eigenvalue weighted by molar-refractivity contribution is 9.10. The van der Waals surface area contributed by atoms with Crippen molar-refractivity contribution in [3.63, 3.8) is 0 Å². The van der Waals surface area contributed by atoms with Gasteiger partial charge in [-0.05, 0) is 18.6 Å². The van der Waals surface area contributed by atoms with Crippen LogP contribution in [0.15, 0.2) is 23.3 Å². The number of rotatable bonds is 0. The van der Waals surface area contributed by atoms with E-state index in [4.69, 9.17) is 0 Å². The number of allylic oxidation sites excluding steroid dienone is 1. The summed E-state index contributed by atoms with van der Waals surface area (Å²) in [5.74, 6) is 0. The molecule has 0 fully saturated rings. The van der Waals surface area contributed by atoms with Gasteiger partial charge in [0.05, 0.1) is 10.0 Å². The second-order valence-corrected chi connectivity index (χ2v) is 4.90. The Labute approximate surface area is 84.9 Å². The first-order valence-electron chi connectivity index (χ1n) is 4.40. The normalized spacial score (nSPS) is 29.8. The minimum atomic E-state index is 0.0161. The monoisotopic (exact) mass is 236 g/mol. The maximum absolute atomic E-state index is 4.54. The Morgan fingerprint density at radius 2 is 2.46 bits per heavy atom. The summed E-state index contributed by atoms with van der Waals surface area (Å²) in [6.07, 6.45) is 7.37. The lowest BCUT2D eigenvalue weighted by Crippen LogP contribution is -2.28. The lowest BCUT2D eigenvalue weighted by molar-refractivity contribution is 0.874. The zero-order valence-corrected chi connectivity index (χ0v) is 8.63. The Morgan fingerprint density at radius 1 is 1.54 bits per heavy atom. The number of H-pyrrole nitrogens is 1. The Balaban J connectivity index is 2.26. The molecule has 0 radical (unpaired) electrons. The van der Waals surface area contributed by atoms with Crippen LogP contribution in [0.4, 0.5) is 0 Å². The third kappa shape index (κ3) is 0.908. The second-order valence-electron chi connectivity index (χ2n) is 3.48. The summed E-state index contributed by atoms with van der Waals surface area (Å²) in [5, 5.41) is 0. The summed E-state index contributed by atoms with van der Waals surface area (Å²) in [7, 11) is 0. The molecule has 0 spiro atoms. The first-order valence-corrected chi connectivity index (χ1v) is 5.20. The molecule has 1 atom stereocenters. The molecule has 1 aromatic heterocycles. The van der Waals surface area contributed by atoms with Gasteiger partial charge in [-0.15, -0.1) is 0 Å². The lowest BCUT2D eigenvalue weighted by Gasteiger charge is -2.23. The summed E-state index contributed by atoms with van der Waals surface area (Å²) < 4.78 is 0.0161. The standard InChI is InChI=1S/C10H9BrN2/c11-10-3-1-8-7(2-5-12-8)9(10)13-6-4-10/h1-3,5,12H,4,6H2. The summed E-state index contributed by atoms with van der Waals surface area (Å²) >= 11 is 3.75. The fourth-order valence-electron chi connectivity index (χ4n) is 1.99. The minimum Gasteiger partial charge on any atom is -0.361 e. The van der Waals surface area contributed by atoms with E-state index in [-0.39, 0.29) is 4.32 Å². The van der Waals surface area contributed by atoms with E-state index >= 15 is 0 Å². The van der Waals surface area contributed by atoms with E-state index in [1.165, 1.54) is 17.0 Å². The van der Waals surface area contributed by atoms with Crippen LogP contribution in [0.2, 0.25) is 0 Å². The minimum absolute atomic E-state index is 0.0161. The zero-order chi connectivity index (χ0) is 8.89. The molecule has 1 unspecified atom stereocenters. The number of alkyl halides is 1. The molecule has 0 saturated carbocycles. The van der Waals surface area contributed by atoms with Gasteiger partial charge >= 0.3 is 0 Å². The van der Waals surface area contributed by atoms with Crippen LogP contribution < -0.4 is 0 Å². The fraction of sp³-hybridized carbons (Fsp3) is 0.300. The quantitative estimate of drug-likeness (QED) is 0.671. The molecular weight excluding hydrogens is 228 g/mol. The molecule has 3 rings (SSSR count). The second kappa shape index (κ2) is 2.35. The molecular formula is C10H9BrN2. The van der Waals surface area contributed by atoms with Crippen molar-refractivity contribution in [1.29, 1.82) is 0 Å². The van der Waals surface area contributed by atoms with Crippen LogP contribution in [0, 0.1) is 0 Å². The van der Waals surface area contributed by atoms with Gasteiger partial charge < -0.3 is 4.98 Å². The average Bonchev–Trinajstić information content (AvgIpc) is 2.66. The molecule has 2 heterocycles. The molecule has 1 aliphatic carbocycles. The van der Waals surface area contributed by atoms with Crippen molar-refractivity contribution < 1.29 is 0 Å². The van der Waals surface area contributed by atoms with Crippen LogP contribution in [-0.2, 0) is 0 Å². The average molecular weight is 237 g/mol. The van der Waals surface area contributed by atoms with E-state index in [1.807, 2.05) is 6.20 Å². The molecule has 0 bridgehead atoms. The van der Waals surface area contributed by atoms with Gasteiger partial charge in [-0.3, -0.25) is 4.99 Å². The first-order chi connectivity index (χ1) is 6.30. The molecule has 0 aromatic carbocycles. The van der Waals surface area contributed by atoms with E-state index in [2.05, 4.69) is 44.1 Å². The maximum atomic E-state index is 4.54. The number of aliphatic imine (C=N–C) groups is 1. The van der Waals surface area contributed by atoms with Crippen molar-refractivity contribution in [3.05, 3.63) is 29.6 Å². The molecule has 2 nitrogen and oxygen atoms in total. The van der Waals surface area contributed by atoms with Crippen LogP contribution in [0.1, 0.15) is 17.7 Å².